The van der Waals surface area contributed by atoms with E-state index in [0.29, 0.717) is 0 Å². The molecule has 0 amide bonds. The summed E-state index contributed by atoms with van der Waals surface area (Å²) in [6.45, 7) is 0. The summed E-state index contributed by atoms with van der Waals surface area (Å²) in [4.78, 5) is 0. The van der Waals surface area contributed by atoms with Gasteiger partial charge >= 0.3 is 0 Å². The molecule has 0 spiro atoms. The first kappa shape index (κ1) is 48.0. The fraction of sp³-hybridized carbons (Fsp3) is 0. The SMILES string of the molecule is [Al].[Co].[Cr].[Hf].[Si]. The van der Waals surface area contributed by atoms with Crippen molar-refractivity contribution < 1.29 is 60.0 Å². The van der Waals surface area contributed by atoms with Crippen molar-refractivity contribution in [2.75, 3.05) is 0 Å². The minimum atomic E-state index is 0. The van der Waals surface area contributed by atoms with Crippen LogP contribution in [0.1, 0.15) is 0 Å². The van der Waals surface area contributed by atoms with Gasteiger partial charge in [0, 0.05) is 88.3 Å². The Balaban J connectivity index is 0. The first-order chi connectivity index (χ1) is 0. The summed E-state index contributed by atoms with van der Waals surface area (Å²) in [5, 5.41) is 0. The summed E-state index contributed by atoms with van der Waals surface area (Å²) in [6, 6.07) is 0. The zero-order valence-corrected chi connectivity index (χ0v) is 10.4. The van der Waals surface area contributed by atoms with Crippen LogP contribution in [-0.4, -0.2) is 28.3 Å². The smallest absolute Gasteiger partial charge is 0 e. The van der Waals surface area contributed by atoms with E-state index in [1.54, 1.807) is 0 Å². The second-order valence-electron chi connectivity index (χ2n) is 0. The average molecular weight is 344 g/mol. The molecule has 0 unspecified atom stereocenters. The minimum absolute atomic E-state index is 0. The van der Waals surface area contributed by atoms with E-state index in [-0.39, 0.29) is 88.3 Å². The Morgan fingerprint density at radius 3 is 1.00 bits per heavy atom. The molecule has 0 atom stereocenters. The molecule has 0 fully saturated rings. The standard InChI is InChI=1S/Al.Co.Cr.Hf.Si. The third-order valence-corrected chi connectivity index (χ3v) is 0. The molecule has 5 heteroatoms. The Morgan fingerprint density at radius 1 is 1.00 bits per heavy atom. The van der Waals surface area contributed by atoms with E-state index < -0.39 is 0 Å². The average Bonchev–Trinajstić information content (AvgIpc) is 0. The molecule has 0 saturated carbocycles. The second kappa shape index (κ2) is 30.2. The van der Waals surface area contributed by atoms with Gasteiger partial charge in [-0.3, -0.25) is 0 Å². The molecule has 8 radical (unpaired) electrons. The van der Waals surface area contributed by atoms with Crippen molar-refractivity contribution in [2.45, 2.75) is 0 Å². The fourth-order valence-electron chi connectivity index (χ4n) is 0. The summed E-state index contributed by atoms with van der Waals surface area (Å²) in [5.74, 6) is 0. The normalized spacial score (nSPS) is 0. The van der Waals surface area contributed by atoms with E-state index >= 15 is 0 Å². The van der Waals surface area contributed by atoms with E-state index in [2.05, 4.69) is 0 Å². The van der Waals surface area contributed by atoms with Crippen LogP contribution in [0.4, 0.5) is 0 Å². The summed E-state index contributed by atoms with van der Waals surface area (Å²) in [5.41, 5.74) is 0. The van der Waals surface area contributed by atoms with Crippen LogP contribution < -0.4 is 0 Å². The molecule has 0 nitrogen and oxygen atoms in total. The van der Waals surface area contributed by atoms with Gasteiger partial charge in [-0.2, -0.15) is 0 Å². The summed E-state index contributed by atoms with van der Waals surface area (Å²) in [7, 11) is 0. The zero-order chi connectivity index (χ0) is 0. The summed E-state index contributed by atoms with van der Waals surface area (Å²) < 4.78 is 0. The van der Waals surface area contributed by atoms with Gasteiger partial charge in [0.1, 0.15) is 0 Å². The fourth-order valence-corrected chi connectivity index (χ4v) is 0. The van der Waals surface area contributed by atoms with Crippen molar-refractivity contribution in [1.29, 1.82) is 0 Å². The molecule has 0 aliphatic carbocycles. The number of hydrogen-bond acceptors (Lipinski definition) is 0. The molecule has 0 N–H and O–H groups in total. The van der Waals surface area contributed by atoms with Gasteiger partial charge < -0.3 is 0 Å². The predicted molar refractivity (Wildman–Crippen MR) is 11.5 cm³/mol. The zero-order valence-electron chi connectivity index (χ0n) is 2.32. The number of rotatable bonds is 0. The van der Waals surface area contributed by atoms with Crippen molar-refractivity contribution in [3.8, 4) is 0 Å². The van der Waals surface area contributed by atoms with Crippen LogP contribution in [0, 0.1) is 0 Å². The van der Waals surface area contributed by atoms with Gasteiger partial charge in [0.15, 0.2) is 0 Å². The van der Waals surface area contributed by atoms with Crippen molar-refractivity contribution in [3.05, 3.63) is 0 Å². The number of hydrogen-bond donors (Lipinski definition) is 0. The Bertz CT molecular complexity index is 11.6. The van der Waals surface area contributed by atoms with Gasteiger partial charge in [-0.05, 0) is 0 Å². The molecule has 0 aliphatic heterocycles. The van der Waals surface area contributed by atoms with Crippen LogP contribution in [-0.2, 0) is 60.0 Å². The second-order valence-corrected chi connectivity index (χ2v) is 0. The summed E-state index contributed by atoms with van der Waals surface area (Å²) >= 11 is 0. The molecular weight excluding hydrogens is 344 g/mol. The molecule has 0 aromatic heterocycles. The van der Waals surface area contributed by atoms with Crippen molar-refractivity contribution in [2.24, 2.45) is 0 Å². The van der Waals surface area contributed by atoms with Gasteiger partial charge in [0.05, 0.1) is 0 Å². The molecule has 0 bridgehead atoms. The minimum Gasteiger partial charge on any atom is 0 e. The Hall–Kier alpha value is 2.66. The molecule has 0 rings (SSSR count). The maximum atomic E-state index is 0. The predicted octanol–water partition coefficient (Wildman–Crippen LogP) is -0.769. The van der Waals surface area contributed by atoms with Crippen molar-refractivity contribution >= 4 is 28.3 Å². The van der Waals surface area contributed by atoms with Crippen molar-refractivity contribution in [3.63, 3.8) is 0 Å². The molecule has 0 saturated heterocycles. The van der Waals surface area contributed by atoms with Crippen LogP contribution in [0.5, 0.6) is 0 Å². The summed E-state index contributed by atoms with van der Waals surface area (Å²) in [6.07, 6.45) is 0. The molecule has 0 aromatic carbocycles. The molecule has 0 aromatic rings. The van der Waals surface area contributed by atoms with E-state index in [9.17, 15) is 0 Å². The van der Waals surface area contributed by atoms with Gasteiger partial charge in [0.2, 0.25) is 0 Å². The molecule has 0 heterocycles. The van der Waals surface area contributed by atoms with Gasteiger partial charge in [0.25, 0.3) is 0 Å². The van der Waals surface area contributed by atoms with Crippen LogP contribution in [0.2, 0.25) is 0 Å². The molecule has 26 valence electrons. The van der Waals surface area contributed by atoms with E-state index in [4.69, 9.17) is 0 Å². The Morgan fingerprint density at radius 2 is 1.00 bits per heavy atom. The van der Waals surface area contributed by atoms with Gasteiger partial charge in [-0.1, -0.05) is 0 Å². The Kier molecular flexibility index (Phi) is 290. The first-order valence-electron chi connectivity index (χ1n) is 0. The maximum Gasteiger partial charge on any atom is 0 e. The molecular formula is AlCoCrHfSi. The van der Waals surface area contributed by atoms with E-state index in [1.807, 2.05) is 0 Å². The molecule has 5 heavy (non-hydrogen) atoms. The Labute approximate surface area is 87.1 Å². The molecule has 0 aliphatic rings. The first-order valence-corrected chi connectivity index (χ1v) is 0. The van der Waals surface area contributed by atoms with Crippen LogP contribution in [0.15, 0.2) is 0 Å². The van der Waals surface area contributed by atoms with E-state index in [0.717, 1.165) is 0 Å². The largest absolute Gasteiger partial charge is 0 e. The van der Waals surface area contributed by atoms with Crippen LogP contribution >= 0.6 is 0 Å². The van der Waals surface area contributed by atoms with Gasteiger partial charge in [-0.25, -0.2) is 0 Å². The van der Waals surface area contributed by atoms with Gasteiger partial charge in [-0.15, -0.1) is 0 Å². The third kappa shape index (κ3) is 20.4. The topological polar surface area (TPSA) is 0 Å². The quantitative estimate of drug-likeness (QED) is 0.507. The van der Waals surface area contributed by atoms with Crippen LogP contribution in [0.3, 0.4) is 0 Å². The van der Waals surface area contributed by atoms with E-state index in [1.165, 1.54) is 0 Å². The third-order valence-electron chi connectivity index (χ3n) is 0. The van der Waals surface area contributed by atoms with Crippen LogP contribution in [0.25, 0.3) is 0 Å². The monoisotopic (exact) mass is 346 g/mol. The van der Waals surface area contributed by atoms with Crippen molar-refractivity contribution in [1.82, 2.24) is 0 Å². The maximum absolute atomic E-state index is 0.